The van der Waals surface area contributed by atoms with Crippen LogP contribution in [0.15, 0.2) is 108 Å². The van der Waals surface area contributed by atoms with Crippen molar-refractivity contribution >= 4 is 39.1 Å². The largest absolute Gasteiger partial charge is 0.494 e. The predicted molar refractivity (Wildman–Crippen MR) is 187 cm³/mol. The lowest BCUT2D eigenvalue weighted by Gasteiger charge is -2.34. The van der Waals surface area contributed by atoms with Crippen molar-refractivity contribution in [3.8, 4) is 5.75 Å². The normalized spacial score (nSPS) is 12.5. The molecule has 10 heteroatoms. The Balaban J connectivity index is 1.80. The molecule has 0 heterocycles. The van der Waals surface area contributed by atoms with Crippen molar-refractivity contribution in [1.29, 1.82) is 0 Å². The van der Waals surface area contributed by atoms with Gasteiger partial charge in [-0.1, -0.05) is 78.7 Å². The van der Waals surface area contributed by atoms with Gasteiger partial charge in [0.2, 0.25) is 11.8 Å². The molecule has 0 aromatic heterocycles. The van der Waals surface area contributed by atoms with Crippen LogP contribution >= 0.6 is 11.6 Å². The highest BCUT2D eigenvalue weighted by atomic mass is 35.5. The monoisotopic (exact) mass is 675 g/mol. The van der Waals surface area contributed by atoms with Crippen molar-refractivity contribution in [2.75, 3.05) is 17.5 Å². The molecule has 2 amide bonds. The Labute approximate surface area is 283 Å². The first-order valence-corrected chi connectivity index (χ1v) is 17.5. The van der Waals surface area contributed by atoms with Crippen LogP contribution in [0.25, 0.3) is 0 Å². The van der Waals surface area contributed by atoms with Gasteiger partial charge in [-0.2, -0.15) is 0 Å². The Kier molecular flexibility index (Phi) is 12.4. The highest BCUT2D eigenvalue weighted by molar-refractivity contribution is 7.92. The molecule has 47 heavy (non-hydrogen) atoms. The molecular formula is C37H42ClN3O5S. The van der Waals surface area contributed by atoms with Crippen molar-refractivity contribution < 1.29 is 22.7 Å². The number of carbonyl (C=O) groups excluding carboxylic acids is 2. The first-order chi connectivity index (χ1) is 22.5. The Morgan fingerprint density at radius 1 is 0.872 bits per heavy atom. The standard InChI is InChI=1S/C37H42ClN3O5S/c1-5-28(4)39-37(43)35(24-29-11-8-7-9-12-29)40(25-30-13-10-14-31(38)23-30)36(42)26-41(32-17-15-27(3)16-18-32)47(44,45)34-21-19-33(20-22-34)46-6-2/h7-23,28,35H,5-6,24-26H2,1-4H3,(H,39,43)/t28-,35-/m0/s1. The maximum absolute atomic E-state index is 14.6. The molecule has 0 aliphatic rings. The molecule has 8 nitrogen and oxygen atoms in total. The van der Waals surface area contributed by atoms with E-state index >= 15 is 0 Å². The van der Waals surface area contributed by atoms with Crippen LogP contribution in [0.2, 0.25) is 5.02 Å². The lowest BCUT2D eigenvalue weighted by Crippen LogP contribution is -2.54. The van der Waals surface area contributed by atoms with E-state index in [4.69, 9.17) is 16.3 Å². The number of carbonyl (C=O) groups is 2. The van der Waals surface area contributed by atoms with Crippen molar-refractivity contribution in [3.63, 3.8) is 0 Å². The van der Waals surface area contributed by atoms with Gasteiger partial charge in [-0.15, -0.1) is 0 Å². The summed E-state index contributed by atoms with van der Waals surface area (Å²) in [6.45, 7) is 7.56. The summed E-state index contributed by atoms with van der Waals surface area (Å²) < 4.78 is 35.1. The van der Waals surface area contributed by atoms with Crippen molar-refractivity contribution in [2.24, 2.45) is 0 Å². The number of nitrogens with one attached hydrogen (secondary N) is 1. The van der Waals surface area contributed by atoms with Gasteiger partial charge in [-0.3, -0.25) is 13.9 Å². The number of ether oxygens (including phenoxy) is 1. The second-order valence-electron chi connectivity index (χ2n) is 11.4. The summed E-state index contributed by atoms with van der Waals surface area (Å²) in [5.41, 5.74) is 2.82. The smallest absolute Gasteiger partial charge is 0.264 e. The molecule has 0 bridgehead atoms. The number of amides is 2. The fourth-order valence-electron chi connectivity index (χ4n) is 5.07. The second kappa shape index (κ2) is 16.5. The molecule has 0 aliphatic carbocycles. The van der Waals surface area contributed by atoms with Crippen molar-refractivity contribution in [1.82, 2.24) is 10.2 Å². The van der Waals surface area contributed by atoms with Crippen molar-refractivity contribution in [2.45, 2.75) is 64.1 Å². The van der Waals surface area contributed by atoms with Gasteiger partial charge in [0.1, 0.15) is 18.3 Å². The summed E-state index contributed by atoms with van der Waals surface area (Å²) in [5, 5.41) is 3.53. The number of hydrogen-bond acceptors (Lipinski definition) is 5. The van der Waals surface area contributed by atoms with E-state index in [1.807, 2.05) is 64.1 Å². The molecule has 0 fully saturated rings. The number of sulfonamides is 1. The number of halogens is 1. The van der Waals surface area contributed by atoms with Crippen LogP contribution in [0, 0.1) is 6.92 Å². The molecule has 0 saturated carbocycles. The zero-order chi connectivity index (χ0) is 34.0. The minimum atomic E-state index is -4.23. The van der Waals surface area contributed by atoms with Gasteiger partial charge in [0, 0.05) is 24.0 Å². The third-order valence-electron chi connectivity index (χ3n) is 7.84. The summed E-state index contributed by atoms with van der Waals surface area (Å²) in [7, 11) is -4.23. The van der Waals surface area contributed by atoms with Crippen LogP contribution in [0.4, 0.5) is 5.69 Å². The topological polar surface area (TPSA) is 96.0 Å². The average Bonchev–Trinajstić information content (AvgIpc) is 3.06. The minimum Gasteiger partial charge on any atom is -0.494 e. The van der Waals surface area contributed by atoms with E-state index in [2.05, 4.69) is 5.32 Å². The number of nitrogens with zero attached hydrogens (tertiary/aromatic N) is 2. The van der Waals surface area contributed by atoms with Gasteiger partial charge < -0.3 is 15.0 Å². The molecule has 0 unspecified atom stereocenters. The van der Waals surface area contributed by atoms with Gasteiger partial charge in [0.15, 0.2) is 0 Å². The number of aryl methyl sites for hydroxylation is 1. The predicted octanol–water partition coefficient (Wildman–Crippen LogP) is 6.80. The Hall–Kier alpha value is -4.34. The SMILES string of the molecule is CCOc1ccc(S(=O)(=O)N(CC(=O)N(Cc2cccc(Cl)c2)[C@@H](Cc2ccccc2)C(=O)N[C@@H](C)CC)c2ccc(C)cc2)cc1. The number of benzene rings is 4. The van der Waals surface area contributed by atoms with Gasteiger partial charge in [0.25, 0.3) is 10.0 Å². The van der Waals surface area contributed by atoms with Gasteiger partial charge in [0.05, 0.1) is 17.2 Å². The molecule has 0 aliphatic heterocycles. The zero-order valence-electron chi connectivity index (χ0n) is 27.2. The highest BCUT2D eigenvalue weighted by Crippen LogP contribution is 2.27. The highest BCUT2D eigenvalue weighted by Gasteiger charge is 2.35. The minimum absolute atomic E-state index is 0.00562. The lowest BCUT2D eigenvalue weighted by atomic mass is 10.0. The van der Waals surface area contributed by atoms with Gasteiger partial charge in [-0.05, 0) is 86.8 Å². The third-order valence-corrected chi connectivity index (χ3v) is 9.86. The van der Waals surface area contributed by atoms with E-state index in [0.717, 1.165) is 15.4 Å². The van der Waals surface area contributed by atoms with Crippen LogP contribution in [-0.2, 0) is 32.6 Å². The van der Waals surface area contributed by atoms with E-state index in [9.17, 15) is 18.0 Å². The fourth-order valence-corrected chi connectivity index (χ4v) is 6.70. The van der Waals surface area contributed by atoms with Crippen LogP contribution in [0.1, 0.15) is 43.9 Å². The van der Waals surface area contributed by atoms with E-state index in [1.165, 1.54) is 17.0 Å². The van der Waals surface area contributed by atoms with E-state index in [-0.39, 0.29) is 29.8 Å². The Morgan fingerprint density at radius 2 is 1.53 bits per heavy atom. The molecule has 248 valence electrons. The van der Waals surface area contributed by atoms with E-state index in [0.29, 0.717) is 35.1 Å². The third kappa shape index (κ3) is 9.59. The van der Waals surface area contributed by atoms with Crippen LogP contribution in [-0.4, -0.2) is 50.4 Å². The molecule has 4 aromatic carbocycles. The molecule has 1 N–H and O–H groups in total. The maximum atomic E-state index is 14.6. The maximum Gasteiger partial charge on any atom is 0.264 e. The number of hydrogen-bond donors (Lipinski definition) is 1. The molecule has 4 rings (SSSR count). The van der Waals surface area contributed by atoms with Crippen LogP contribution in [0.5, 0.6) is 5.75 Å². The van der Waals surface area contributed by atoms with Gasteiger partial charge in [-0.25, -0.2) is 8.42 Å². The zero-order valence-corrected chi connectivity index (χ0v) is 28.8. The number of rotatable bonds is 15. The number of anilines is 1. The van der Waals surface area contributed by atoms with Crippen LogP contribution in [0.3, 0.4) is 0 Å². The van der Waals surface area contributed by atoms with Crippen LogP contribution < -0.4 is 14.4 Å². The summed E-state index contributed by atoms with van der Waals surface area (Å²) in [6.07, 6.45) is 0.930. The van der Waals surface area contributed by atoms with E-state index in [1.54, 1.807) is 54.6 Å². The molecule has 0 saturated heterocycles. The molecule has 2 atom stereocenters. The quantitative estimate of drug-likeness (QED) is 0.150. The van der Waals surface area contributed by atoms with E-state index < -0.39 is 28.5 Å². The first kappa shape index (κ1) is 35.5. The Bertz CT molecular complexity index is 1730. The fraction of sp³-hybridized carbons (Fsp3) is 0.297. The summed E-state index contributed by atoms with van der Waals surface area (Å²) >= 11 is 6.32. The molecular weight excluding hydrogens is 634 g/mol. The summed E-state index contributed by atoms with van der Waals surface area (Å²) in [5.74, 6) is -0.330. The summed E-state index contributed by atoms with van der Waals surface area (Å²) in [6, 6.07) is 28.5. The van der Waals surface area contributed by atoms with Crippen molar-refractivity contribution in [3.05, 3.63) is 125 Å². The van der Waals surface area contributed by atoms with Gasteiger partial charge >= 0.3 is 0 Å². The summed E-state index contributed by atoms with van der Waals surface area (Å²) in [4.78, 5) is 30.0. The lowest BCUT2D eigenvalue weighted by molar-refractivity contribution is -0.140. The Morgan fingerprint density at radius 3 is 2.15 bits per heavy atom. The molecule has 0 spiro atoms. The second-order valence-corrected chi connectivity index (χ2v) is 13.7. The molecule has 0 radical (unpaired) electrons. The first-order valence-electron chi connectivity index (χ1n) is 15.7. The average molecular weight is 676 g/mol. The molecule has 4 aromatic rings.